The number of amides is 2. The maximum atomic E-state index is 13.0. The fourth-order valence-electron chi connectivity index (χ4n) is 4.54. The van der Waals surface area contributed by atoms with Gasteiger partial charge in [0.1, 0.15) is 5.78 Å². The van der Waals surface area contributed by atoms with E-state index in [-0.39, 0.29) is 42.7 Å². The first-order valence-corrected chi connectivity index (χ1v) is 14.8. The van der Waals surface area contributed by atoms with Crippen molar-refractivity contribution in [1.29, 1.82) is 0 Å². The maximum Gasteiger partial charge on any atom is 0.220 e. The molecule has 2 atom stereocenters. The van der Waals surface area contributed by atoms with Gasteiger partial charge in [-0.05, 0) is 32.6 Å². The number of hydrogen-bond donors (Lipinski definition) is 4. The molecule has 220 valence electrons. The minimum Gasteiger partial charge on any atom is -0.370 e. The molecule has 0 saturated carbocycles. The summed E-state index contributed by atoms with van der Waals surface area (Å²) in [6.45, 7) is 3.99. The summed E-state index contributed by atoms with van der Waals surface area (Å²) in [6, 6.07) is -0.714. The molecular weight excluding hydrogens is 482 g/mol. The molecule has 0 rings (SSSR count). The number of aliphatic imine (C=N–C) groups is 1. The van der Waals surface area contributed by atoms with Crippen molar-refractivity contribution in [2.75, 3.05) is 6.54 Å². The highest BCUT2D eigenvalue weighted by Gasteiger charge is 2.26. The Hall–Kier alpha value is -2.45. The van der Waals surface area contributed by atoms with E-state index in [1.165, 1.54) is 71.1 Å². The number of nitrogens with two attached hydrogens (primary N) is 3. The van der Waals surface area contributed by atoms with E-state index in [1.54, 1.807) is 0 Å². The summed E-state index contributed by atoms with van der Waals surface area (Å²) in [6.07, 6.45) is 17.5. The number of Topliss-reactive ketones (excluding diaryl/α,β-unsaturated/α-hetero) is 2. The van der Waals surface area contributed by atoms with Crippen LogP contribution in [-0.4, -0.2) is 41.9 Å². The van der Waals surface area contributed by atoms with Gasteiger partial charge in [0.25, 0.3) is 0 Å². The first-order valence-electron chi connectivity index (χ1n) is 14.8. The highest BCUT2D eigenvalue weighted by atomic mass is 16.2. The Labute approximate surface area is 230 Å². The molecule has 0 fully saturated rings. The van der Waals surface area contributed by atoms with Crippen LogP contribution in [0.15, 0.2) is 4.99 Å². The fraction of sp³-hybridized carbons (Fsp3) is 0.828. The molecule has 0 aromatic heterocycles. The molecule has 2 amide bonds. The molecule has 0 bridgehead atoms. The summed E-state index contributed by atoms with van der Waals surface area (Å²) in [5.74, 6) is -1.68. The Kier molecular flexibility index (Phi) is 22.1. The number of nitrogens with zero attached hydrogens (tertiary/aromatic N) is 1. The van der Waals surface area contributed by atoms with Crippen molar-refractivity contribution in [2.45, 2.75) is 142 Å². The topological polar surface area (TPSA) is 171 Å². The van der Waals surface area contributed by atoms with Gasteiger partial charge in [0.05, 0.1) is 6.04 Å². The molecule has 0 radical (unpaired) electrons. The van der Waals surface area contributed by atoms with Crippen LogP contribution in [0.5, 0.6) is 0 Å². The van der Waals surface area contributed by atoms with Gasteiger partial charge in [-0.25, -0.2) is 0 Å². The quantitative estimate of drug-likeness (QED) is 0.0722. The van der Waals surface area contributed by atoms with Gasteiger partial charge in [-0.3, -0.25) is 24.2 Å². The van der Waals surface area contributed by atoms with E-state index in [0.29, 0.717) is 25.8 Å². The van der Waals surface area contributed by atoms with Crippen molar-refractivity contribution in [3.63, 3.8) is 0 Å². The van der Waals surface area contributed by atoms with Crippen LogP contribution in [0.25, 0.3) is 0 Å². The van der Waals surface area contributed by atoms with Crippen LogP contribution in [0, 0.1) is 5.92 Å². The molecule has 9 nitrogen and oxygen atoms in total. The van der Waals surface area contributed by atoms with Crippen LogP contribution in [0.3, 0.4) is 0 Å². The Bertz CT molecular complexity index is 707. The van der Waals surface area contributed by atoms with E-state index in [2.05, 4.69) is 17.2 Å². The maximum absolute atomic E-state index is 13.0. The van der Waals surface area contributed by atoms with Crippen molar-refractivity contribution in [3.05, 3.63) is 0 Å². The third-order valence-electron chi connectivity index (χ3n) is 6.94. The summed E-state index contributed by atoms with van der Waals surface area (Å²) in [5.41, 5.74) is 15.9. The van der Waals surface area contributed by atoms with Gasteiger partial charge in [0.15, 0.2) is 11.7 Å². The average molecular weight is 538 g/mol. The standard InChI is InChI=1S/C29H55N5O4/c1-3-4-5-6-7-8-9-10-11-12-13-14-15-18-28(38)34-25(17-16-21-33-29(31)32)26(36)22-24(23(2)35)19-20-27(30)37/h24-25H,3-22H2,1-2H3,(H2,30,37)(H,34,38)(H4,31,32,33)/t24-,25+/m1/s1. The number of unbranched alkanes of at least 4 members (excludes halogenated alkanes) is 12. The summed E-state index contributed by atoms with van der Waals surface area (Å²) in [5, 5.41) is 2.86. The molecule has 0 saturated heterocycles. The van der Waals surface area contributed by atoms with Crippen molar-refractivity contribution < 1.29 is 19.2 Å². The third-order valence-corrected chi connectivity index (χ3v) is 6.94. The van der Waals surface area contributed by atoms with Crippen LogP contribution in [0.2, 0.25) is 0 Å². The molecule has 0 unspecified atom stereocenters. The molecule has 0 heterocycles. The molecule has 0 aromatic rings. The lowest BCUT2D eigenvalue weighted by Gasteiger charge is -2.20. The Balaban J connectivity index is 4.41. The van der Waals surface area contributed by atoms with Crippen LogP contribution in [0.1, 0.15) is 136 Å². The second-order valence-electron chi connectivity index (χ2n) is 10.5. The van der Waals surface area contributed by atoms with Crippen LogP contribution in [0.4, 0.5) is 0 Å². The largest absolute Gasteiger partial charge is 0.370 e. The molecule has 0 aromatic carbocycles. The zero-order valence-corrected chi connectivity index (χ0v) is 24.1. The van der Waals surface area contributed by atoms with Crippen LogP contribution in [-0.2, 0) is 19.2 Å². The van der Waals surface area contributed by atoms with E-state index >= 15 is 0 Å². The SMILES string of the molecule is CCCCCCCCCCCCCCCC(=O)N[C@@H](CCCN=C(N)N)C(=O)C[C@@H](CCC(N)=O)C(C)=O. The molecule has 9 heteroatoms. The summed E-state index contributed by atoms with van der Waals surface area (Å²) >= 11 is 0. The predicted octanol–water partition coefficient (Wildman–Crippen LogP) is 4.44. The van der Waals surface area contributed by atoms with E-state index in [1.807, 2.05) is 0 Å². The minimum atomic E-state index is -0.714. The smallest absolute Gasteiger partial charge is 0.220 e. The number of ketones is 2. The number of primary amides is 1. The number of rotatable bonds is 26. The zero-order valence-electron chi connectivity index (χ0n) is 24.1. The fourth-order valence-corrected chi connectivity index (χ4v) is 4.54. The van der Waals surface area contributed by atoms with Crippen molar-refractivity contribution >= 4 is 29.3 Å². The zero-order chi connectivity index (χ0) is 28.6. The summed E-state index contributed by atoms with van der Waals surface area (Å²) in [4.78, 5) is 52.6. The summed E-state index contributed by atoms with van der Waals surface area (Å²) in [7, 11) is 0. The number of guanidine groups is 1. The van der Waals surface area contributed by atoms with Crippen molar-refractivity contribution in [2.24, 2.45) is 28.1 Å². The molecule has 0 aliphatic carbocycles. The molecule has 7 N–H and O–H groups in total. The molecule has 0 aliphatic heterocycles. The average Bonchev–Trinajstić information content (AvgIpc) is 2.85. The molecule has 0 spiro atoms. The van der Waals surface area contributed by atoms with Gasteiger partial charge >= 0.3 is 0 Å². The van der Waals surface area contributed by atoms with E-state index in [9.17, 15) is 19.2 Å². The first-order chi connectivity index (χ1) is 18.2. The van der Waals surface area contributed by atoms with E-state index in [4.69, 9.17) is 17.2 Å². The normalized spacial score (nSPS) is 12.5. The van der Waals surface area contributed by atoms with Gasteiger partial charge < -0.3 is 22.5 Å². The van der Waals surface area contributed by atoms with Crippen LogP contribution < -0.4 is 22.5 Å². The second kappa shape index (κ2) is 23.7. The van der Waals surface area contributed by atoms with Gasteiger partial charge in [-0.1, -0.05) is 84.0 Å². The van der Waals surface area contributed by atoms with Gasteiger partial charge in [-0.15, -0.1) is 0 Å². The minimum absolute atomic E-state index is 0.0255. The number of carbonyl (C=O) groups excluding carboxylic acids is 4. The number of carbonyl (C=O) groups is 4. The molecular formula is C29H55N5O4. The highest BCUT2D eigenvalue weighted by molar-refractivity contribution is 5.92. The first kappa shape index (κ1) is 35.5. The molecule has 38 heavy (non-hydrogen) atoms. The molecule has 0 aliphatic rings. The van der Waals surface area contributed by atoms with Crippen molar-refractivity contribution in [1.82, 2.24) is 5.32 Å². The summed E-state index contributed by atoms with van der Waals surface area (Å²) < 4.78 is 0. The third kappa shape index (κ3) is 21.6. The number of nitrogens with one attached hydrogen (secondary N) is 1. The monoisotopic (exact) mass is 537 g/mol. The van der Waals surface area contributed by atoms with E-state index in [0.717, 1.165) is 19.3 Å². The van der Waals surface area contributed by atoms with Gasteiger partial charge in [0, 0.05) is 31.7 Å². The number of hydrogen-bond acceptors (Lipinski definition) is 5. The lowest BCUT2D eigenvalue weighted by molar-refractivity contribution is -0.130. The Morgan fingerprint density at radius 2 is 1.24 bits per heavy atom. The van der Waals surface area contributed by atoms with Crippen LogP contribution >= 0.6 is 0 Å². The lowest BCUT2D eigenvalue weighted by Crippen LogP contribution is -2.42. The van der Waals surface area contributed by atoms with Gasteiger partial charge in [0.2, 0.25) is 11.8 Å². The van der Waals surface area contributed by atoms with Crippen molar-refractivity contribution in [3.8, 4) is 0 Å². The highest BCUT2D eigenvalue weighted by Crippen LogP contribution is 2.17. The Morgan fingerprint density at radius 1 is 0.711 bits per heavy atom. The van der Waals surface area contributed by atoms with Gasteiger partial charge in [-0.2, -0.15) is 0 Å². The predicted molar refractivity (Wildman–Crippen MR) is 154 cm³/mol. The Morgan fingerprint density at radius 3 is 1.71 bits per heavy atom. The second-order valence-corrected chi connectivity index (χ2v) is 10.5. The van der Waals surface area contributed by atoms with E-state index < -0.39 is 17.9 Å². The lowest BCUT2D eigenvalue weighted by atomic mass is 9.90.